The molecule has 12 heavy (non-hydrogen) atoms. The van der Waals surface area contributed by atoms with Crippen LogP contribution in [-0.2, 0) is 14.6 Å². The molecule has 5 heteroatoms. The summed E-state index contributed by atoms with van der Waals surface area (Å²) in [5.41, 5.74) is 0. The van der Waals surface area contributed by atoms with E-state index in [1.807, 2.05) is 0 Å². The average Bonchev–Trinajstić information content (AvgIpc) is 2.05. The monoisotopic (exact) mass is 191 g/mol. The lowest BCUT2D eigenvalue weighted by atomic mass is 10.2. The summed E-state index contributed by atoms with van der Waals surface area (Å²) in [5.74, 6) is -0.0546. The molecular formula is C7H13NO3S. The van der Waals surface area contributed by atoms with Crippen LogP contribution in [0.2, 0.25) is 0 Å². The first-order chi connectivity index (χ1) is 5.56. The molecule has 0 aromatic heterocycles. The molecule has 0 saturated carbocycles. The minimum atomic E-state index is -3.09. The van der Waals surface area contributed by atoms with Crippen LogP contribution in [0.25, 0.3) is 0 Å². The zero-order chi connectivity index (χ0) is 9.19. The van der Waals surface area contributed by atoms with Gasteiger partial charge < -0.3 is 5.32 Å². The van der Waals surface area contributed by atoms with Crippen LogP contribution in [0, 0.1) is 0 Å². The Morgan fingerprint density at radius 3 is 2.75 bits per heavy atom. The van der Waals surface area contributed by atoms with Gasteiger partial charge >= 0.3 is 0 Å². The van der Waals surface area contributed by atoms with Gasteiger partial charge in [0.2, 0.25) is 5.91 Å². The van der Waals surface area contributed by atoms with Crippen molar-refractivity contribution in [2.45, 2.75) is 31.6 Å². The number of amides is 1. The van der Waals surface area contributed by atoms with Crippen molar-refractivity contribution in [2.24, 2.45) is 0 Å². The zero-order valence-electron chi connectivity index (χ0n) is 7.04. The fourth-order valence-corrected chi connectivity index (χ4v) is 2.48. The molecule has 1 saturated heterocycles. The predicted octanol–water partition coefficient (Wildman–Crippen LogP) is 0.0473. The lowest BCUT2D eigenvalue weighted by Gasteiger charge is -2.22. The van der Waals surface area contributed by atoms with E-state index in [1.165, 1.54) is 0 Å². The molecule has 0 aromatic carbocycles. The maximum Gasteiger partial charge on any atom is 0.221 e. The molecule has 1 fully saturated rings. The molecule has 0 spiro atoms. The van der Waals surface area contributed by atoms with Crippen molar-refractivity contribution in [3.63, 3.8) is 0 Å². The number of rotatable bonds is 2. The largest absolute Gasteiger partial charge is 0.340 e. The Bertz CT molecular complexity index is 270. The van der Waals surface area contributed by atoms with Gasteiger partial charge in [-0.1, -0.05) is 6.92 Å². The highest BCUT2D eigenvalue weighted by Gasteiger charge is 2.28. The summed E-state index contributed by atoms with van der Waals surface area (Å²) >= 11 is 0. The molecule has 1 aliphatic rings. The molecule has 70 valence electrons. The van der Waals surface area contributed by atoms with Crippen molar-refractivity contribution in [3.8, 4) is 0 Å². The highest BCUT2D eigenvalue weighted by Crippen LogP contribution is 2.13. The summed E-state index contributed by atoms with van der Waals surface area (Å²) in [5, 5.41) is 1.85. The van der Waals surface area contributed by atoms with E-state index in [0.717, 1.165) is 0 Å². The van der Waals surface area contributed by atoms with Crippen LogP contribution in [0.1, 0.15) is 26.2 Å². The molecule has 0 aromatic rings. The van der Waals surface area contributed by atoms with Gasteiger partial charge in [-0.25, -0.2) is 8.42 Å². The van der Waals surface area contributed by atoms with Gasteiger partial charge in [-0.15, -0.1) is 0 Å². The topological polar surface area (TPSA) is 63.2 Å². The van der Waals surface area contributed by atoms with Gasteiger partial charge in [0.05, 0.1) is 0 Å². The minimum Gasteiger partial charge on any atom is -0.340 e. The van der Waals surface area contributed by atoms with E-state index in [2.05, 4.69) is 5.32 Å². The summed E-state index contributed by atoms with van der Waals surface area (Å²) < 4.78 is 22.6. The molecule has 0 radical (unpaired) electrons. The SMILES string of the molecule is CCS(=O)(=O)[C@@H]1CCCC(=O)N1. The highest BCUT2D eigenvalue weighted by molar-refractivity contribution is 7.91. The Hall–Kier alpha value is -0.580. The van der Waals surface area contributed by atoms with Crippen molar-refractivity contribution >= 4 is 15.7 Å². The van der Waals surface area contributed by atoms with Crippen LogP contribution in [-0.4, -0.2) is 25.5 Å². The van der Waals surface area contributed by atoms with E-state index < -0.39 is 15.2 Å². The fourth-order valence-electron chi connectivity index (χ4n) is 1.24. The third-order valence-electron chi connectivity index (χ3n) is 2.03. The Balaban J connectivity index is 2.70. The normalized spacial score (nSPS) is 25.1. The van der Waals surface area contributed by atoms with E-state index in [9.17, 15) is 13.2 Å². The van der Waals surface area contributed by atoms with Gasteiger partial charge in [0.1, 0.15) is 5.37 Å². The van der Waals surface area contributed by atoms with Crippen LogP contribution >= 0.6 is 0 Å². The Kier molecular flexibility index (Phi) is 2.72. The van der Waals surface area contributed by atoms with Gasteiger partial charge in [0, 0.05) is 12.2 Å². The van der Waals surface area contributed by atoms with Crippen LogP contribution in [0.3, 0.4) is 0 Å². The van der Waals surface area contributed by atoms with E-state index in [4.69, 9.17) is 0 Å². The standard InChI is InChI=1S/C7H13NO3S/c1-2-12(10,11)7-5-3-4-6(9)8-7/h7H,2-5H2,1H3,(H,8,9)/t7-/m1/s1. The van der Waals surface area contributed by atoms with E-state index in [-0.39, 0.29) is 11.7 Å². The van der Waals surface area contributed by atoms with E-state index in [1.54, 1.807) is 6.92 Å². The Labute approximate surface area is 72.3 Å². The van der Waals surface area contributed by atoms with Crippen molar-refractivity contribution in [2.75, 3.05) is 5.75 Å². The summed E-state index contributed by atoms with van der Waals surface area (Å²) in [6.07, 6.45) is 1.69. The van der Waals surface area contributed by atoms with E-state index >= 15 is 0 Å². The molecule has 1 rings (SSSR count). The lowest BCUT2D eigenvalue weighted by molar-refractivity contribution is -0.122. The van der Waals surface area contributed by atoms with Gasteiger partial charge in [-0.2, -0.15) is 0 Å². The van der Waals surface area contributed by atoms with Crippen LogP contribution < -0.4 is 5.32 Å². The number of piperidine rings is 1. The molecule has 0 aliphatic carbocycles. The number of sulfone groups is 1. The fraction of sp³-hybridized carbons (Fsp3) is 0.857. The van der Waals surface area contributed by atoms with Crippen molar-refractivity contribution < 1.29 is 13.2 Å². The number of carbonyl (C=O) groups excluding carboxylic acids is 1. The minimum absolute atomic E-state index is 0.0952. The third-order valence-corrected chi connectivity index (χ3v) is 4.05. The summed E-state index contributed by atoms with van der Waals surface area (Å²) in [6.45, 7) is 1.59. The highest BCUT2D eigenvalue weighted by atomic mass is 32.2. The summed E-state index contributed by atoms with van der Waals surface area (Å²) in [4.78, 5) is 10.9. The summed E-state index contributed by atoms with van der Waals surface area (Å²) in [7, 11) is -3.09. The molecule has 1 N–H and O–H groups in total. The third kappa shape index (κ3) is 1.97. The lowest BCUT2D eigenvalue weighted by Crippen LogP contribution is -2.44. The van der Waals surface area contributed by atoms with Crippen LogP contribution in [0.5, 0.6) is 0 Å². The number of carbonyl (C=O) groups is 1. The van der Waals surface area contributed by atoms with Crippen LogP contribution in [0.15, 0.2) is 0 Å². The first kappa shape index (κ1) is 9.51. The number of hydrogen-bond acceptors (Lipinski definition) is 3. The second-order valence-electron chi connectivity index (χ2n) is 2.90. The number of hydrogen-bond donors (Lipinski definition) is 1. The second-order valence-corrected chi connectivity index (χ2v) is 5.37. The first-order valence-electron chi connectivity index (χ1n) is 4.07. The van der Waals surface area contributed by atoms with Crippen molar-refractivity contribution in [1.29, 1.82) is 0 Å². The molecule has 0 unspecified atom stereocenters. The molecule has 1 atom stereocenters. The maximum absolute atomic E-state index is 11.3. The summed E-state index contributed by atoms with van der Waals surface area (Å²) in [6, 6.07) is 0. The second kappa shape index (κ2) is 3.43. The average molecular weight is 191 g/mol. The molecule has 1 aliphatic heterocycles. The first-order valence-corrected chi connectivity index (χ1v) is 5.78. The Morgan fingerprint density at radius 1 is 1.58 bits per heavy atom. The van der Waals surface area contributed by atoms with E-state index in [0.29, 0.717) is 19.3 Å². The predicted molar refractivity (Wildman–Crippen MR) is 45.2 cm³/mol. The van der Waals surface area contributed by atoms with Gasteiger partial charge in [0.25, 0.3) is 0 Å². The molecular weight excluding hydrogens is 178 g/mol. The molecule has 1 amide bonds. The smallest absolute Gasteiger partial charge is 0.221 e. The van der Waals surface area contributed by atoms with Crippen molar-refractivity contribution in [3.05, 3.63) is 0 Å². The van der Waals surface area contributed by atoms with Crippen LogP contribution in [0.4, 0.5) is 0 Å². The molecule has 4 nitrogen and oxygen atoms in total. The van der Waals surface area contributed by atoms with Gasteiger partial charge in [0.15, 0.2) is 9.84 Å². The number of nitrogens with one attached hydrogen (secondary N) is 1. The van der Waals surface area contributed by atoms with Gasteiger partial charge in [-0.05, 0) is 12.8 Å². The quantitative estimate of drug-likeness (QED) is 0.670. The molecule has 0 bridgehead atoms. The molecule has 1 heterocycles. The van der Waals surface area contributed by atoms with Gasteiger partial charge in [-0.3, -0.25) is 4.79 Å². The van der Waals surface area contributed by atoms with Crippen molar-refractivity contribution in [1.82, 2.24) is 5.32 Å². The Morgan fingerprint density at radius 2 is 2.25 bits per heavy atom. The maximum atomic E-state index is 11.3. The zero-order valence-corrected chi connectivity index (χ0v) is 7.86.